The quantitative estimate of drug-likeness (QED) is 0.619. The van der Waals surface area contributed by atoms with E-state index >= 15 is 0 Å². The van der Waals surface area contributed by atoms with Crippen molar-refractivity contribution < 1.29 is 26.4 Å². The van der Waals surface area contributed by atoms with E-state index < -0.39 is 28.7 Å². The first kappa shape index (κ1) is 21.6. The number of nitrogens with one attached hydrogen (secondary N) is 2. The van der Waals surface area contributed by atoms with Gasteiger partial charge in [-0.3, -0.25) is 4.79 Å². The van der Waals surface area contributed by atoms with Crippen LogP contribution in [0.15, 0.2) is 29.2 Å². The van der Waals surface area contributed by atoms with Crippen molar-refractivity contribution in [3.63, 3.8) is 0 Å². The molecule has 0 aromatic heterocycles. The Bertz CT molecular complexity index is 623. The zero-order valence-corrected chi connectivity index (χ0v) is 13.5. The highest BCUT2D eigenvalue weighted by molar-refractivity contribution is 7.89. The first-order valence-electron chi connectivity index (χ1n) is 6.30. The Morgan fingerprint density at radius 3 is 2.48 bits per heavy atom. The van der Waals surface area contributed by atoms with E-state index in [1.165, 1.54) is 18.2 Å². The van der Waals surface area contributed by atoms with Crippen molar-refractivity contribution in [2.75, 3.05) is 19.6 Å². The smallest absolute Gasteiger partial charge is 0.343 e. The third-order valence-corrected chi connectivity index (χ3v) is 3.99. The van der Waals surface area contributed by atoms with Crippen LogP contribution in [0.5, 0.6) is 0 Å². The Hall–Kier alpha value is -1.36. The molecule has 0 aliphatic rings. The lowest BCUT2D eigenvalue weighted by molar-refractivity contribution is -0.123. The second kappa shape index (κ2) is 9.06. The van der Waals surface area contributed by atoms with Gasteiger partial charge in [-0.15, -0.1) is 12.4 Å². The van der Waals surface area contributed by atoms with Crippen molar-refractivity contribution in [1.29, 1.82) is 0 Å². The highest BCUT2D eigenvalue weighted by Gasteiger charge is 2.28. The molecule has 0 heterocycles. The van der Waals surface area contributed by atoms with Gasteiger partial charge in [0.1, 0.15) is 6.54 Å². The van der Waals surface area contributed by atoms with Crippen molar-refractivity contribution in [1.82, 2.24) is 10.0 Å². The van der Waals surface area contributed by atoms with Gasteiger partial charge in [0.2, 0.25) is 10.0 Å². The summed E-state index contributed by atoms with van der Waals surface area (Å²) < 4.78 is 62.3. The molecule has 4 N–H and O–H groups in total. The average Bonchev–Trinajstić information content (AvgIpc) is 2.44. The zero-order valence-electron chi connectivity index (χ0n) is 11.9. The van der Waals surface area contributed by atoms with E-state index in [-0.39, 0.29) is 29.4 Å². The molecule has 1 rings (SSSR count). The SMILES string of the molecule is Cl.NCCCNS(=O)(=O)c1cccc(C(=O)NCC(F)(F)F)c1. The molecule has 1 amide bonds. The molecular weight excluding hydrogens is 359 g/mol. The van der Waals surface area contributed by atoms with E-state index in [0.717, 1.165) is 6.07 Å². The summed E-state index contributed by atoms with van der Waals surface area (Å²) in [6, 6.07) is 4.76. The minimum absolute atomic E-state index is 0. The Morgan fingerprint density at radius 2 is 1.91 bits per heavy atom. The highest BCUT2D eigenvalue weighted by Crippen LogP contribution is 2.14. The number of hydrogen-bond acceptors (Lipinski definition) is 4. The monoisotopic (exact) mass is 375 g/mol. The number of hydrogen-bond donors (Lipinski definition) is 3. The van der Waals surface area contributed by atoms with Crippen LogP contribution < -0.4 is 15.8 Å². The number of nitrogens with two attached hydrogens (primary N) is 1. The molecule has 23 heavy (non-hydrogen) atoms. The van der Waals surface area contributed by atoms with Crippen LogP contribution in [-0.4, -0.2) is 40.1 Å². The molecule has 0 saturated heterocycles. The van der Waals surface area contributed by atoms with Crippen LogP contribution in [0.1, 0.15) is 16.8 Å². The predicted octanol–water partition coefficient (Wildman–Crippen LogP) is 1.03. The average molecular weight is 376 g/mol. The summed E-state index contributed by atoms with van der Waals surface area (Å²) in [5, 5.41) is 1.67. The molecule has 0 aliphatic carbocycles. The van der Waals surface area contributed by atoms with Crippen molar-refractivity contribution in [2.45, 2.75) is 17.5 Å². The van der Waals surface area contributed by atoms with E-state index in [0.29, 0.717) is 13.0 Å². The van der Waals surface area contributed by atoms with Crippen LogP contribution in [0, 0.1) is 0 Å². The molecule has 0 bridgehead atoms. The van der Waals surface area contributed by atoms with E-state index in [4.69, 9.17) is 5.73 Å². The van der Waals surface area contributed by atoms with Gasteiger partial charge < -0.3 is 11.1 Å². The largest absolute Gasteiger partial charge is 0.405 e. The standard InChI is InChI=1S/C12H16F3N3O3S.ClH/c13-12(14,15)8-17-11(19)9-3-1-4-10(7-9)22(20,21)18-6-2-5-16;/h1,3-4,7,18H,2,5-6,8,16H2,(H,17,19);1H. The maximum absolute atomic E-state index is 12.0. The second-order valence-corrected chi connectivity index (χ2v) is 6.13. The van der Waals surface area contributed by atoms with E-state index in [1.54, 1.807) is 5.32 Å². The third kappa shape index (κ3) is 7.64. The molecule has 0 aliphatic heterocycles. The van der Waals surface area contributed by atoms with Gasteiger partial charge in [-0.1, -0.05) is 6.07 Å². The summed E-state index contributed by atoms with van der Waals surface area (Å²) in [5.74, 6) is -1.00. The van der Waals surface area contributed by atoms with Gasteiger partial charge >= 0.3 is 6.18 Å². The summed E-state index contributed by atoms with van der Waals surface area (Å²) in [5.41, 5.74) is 5.07. The van der Waals surface area contributed by atoms with Crippen molar-refractivity contribution in [2.24, 2.45) is 5.73 Å². The van der Waals surface area contributed by atoms with E-state index in [1.807, 2.05) is 0 Å². The van der Waals surface area contributed by atoms with Crippen LogP contribution >= 0.6 is 12.4 Å². The molecule has 11 heteroatoms. The summed E-state index contributed by atoms with van der Waals surface area (Å²) in [4.78, 5) is 11.4. The topological polar surface area (TPSA) is 101 Å². The van der Waals surface area contributed by atoms with E-state index in [9.17, 15) is 26.4 Å². The number of sulfonamides is 1. The van der Waals surface area contributed by atoms with Gasteiger partial charge in [0.05, 0.1) is 4.90 Å². The molecule has 0 unspecified atom stereocenters. The lowest BCUT2D eigenvalue weighted by Crippen LogP contribution is -2.34. The van der Waals surface area contributed by atoms with Gasteiger partial charge in [-0.05, 0) is 31.2 Å². The second-order valence-electron chi connectivity index (χ2n) is 4.37. The molecule has 1 aromatic rings. The fourth-order valence-corrected chi connectivity index (χ4v) is 2.60. The molecular formula is C12H17ClF3N3O3S. The van der Waals surface area contributed by atoms with Crippen LogP contribution in [0.3, 0.4) is 0 Å². The Kier molecular flexibility index (Phi) is 8.53. The number of rotatable bonds is 7. The number of carbonyl (C=O) groups excluding carboxylic acids is 1. The highest BCUT2D eigenvalue weighted by atomic mass is 35.5. The number of halogens is 4. The molecule has 0 atom stereocenters. The van der Waals surface area contributed by atoms with Crippen molar-refractivity contribution in [3.8, 4) is 0 Å². The van der Waals surface area contributed by atoms with Gasteiger partial charge in [0, 0.05) is 12.1 Å². The minimum atomic E-state index is -4.54. The first-order valence-corrected chi connectivity index (χ1v) is 7.79. The normalized spacial score (nSPS) is 11.7. The molecule has 0 saturated carbocycles. The summed E-state index contributed by atoms with van der Waals surface area (Å²) >= 11 is 0. The number of benzene rings is 1. The summed E-state index contributed by atoms with van der Waals surface area (Å²) in [7, 11) is -3.84. The van der Waals surface area contributed by atoms with Gasteiger partial charge in [-0.2, -0.15) is 13.2 Å². The number of amides is 1. The maximum atomic E-state index is 12.0. The van der Waals surface area contributed by atoms with Crippen molar-refractivity contribution >= 4 is 28.3 Å². The molecule has 1 aromatic carbocycles. The van der Waals surface area contributed by atoms with E-state index in [2.05, 4.69) is 4.72 Å². The fraction of sp³-hybridized carbons (Fsp3) is 0.417. The number of carbonyl (C=O) groups is 1. The fourth-order valence-electron chi connectivity index (χ4n) is 1.48. The van der Waals surface area contributed by atoms with Crippen LogP contribution in [-0.2, 0) is 10.0 Å². The lowest BCUT2D eigenvalue weighted by atomic mass is 10.2. The molecule has 0 spiro atoms. The van der Waals surface area contributed by atoms with Crippen LogP contribution in [0.4, 0.5) is 13.2 Å². The van der Waals surface area contributed by atoms with Crippen LogP contribution in [0.25, 0.3) is 0 Å². The first-order chi connectivity index (χ1) is 10.2. The van der Waals surface area contributed by atoms with Gasteiger partial charge in [-0.25, -0.2) is 13.1 Å². The molecule has 0 fully saturated rings. The van der Waals surface area contributed by atoms with Crippen molar-refractivity contribution in [3.05, 3.63) is 29.8 Å². The summed E-state index contributed by atoms with van der Waals surface area (Å²) in [6.07, 6.45) is -4.10. The van der Waals surface area contributed by atoms with Crippen LogP contribution in [0.2, 0.25) is 0 Å². The number of alkyl halides is 3. The molecule has 132 valence electrons. The Morgan fingerprint density at radius 1 is 1.26 bits per heavy atom. The molecule has 6 nitrogen and oxygen atoms in total. The zero-order chi connectivity index (χ0) is 16.8. The minimum Gasteiger partial charge on any atom is -0.343 e. The Labute approximate surface area is 138 Å². The molecule has 0 radical (unpaired) electrons. The lowest BCUT2D eigenvalue weighted by Gasteiger charge is -2.10. The predicted molar refractivity (Wildman–Crippen MR) is 80.9 cm³/mol. The third-order valence-electron chi connectivity index (χ3n) is 2.53. The van der Waals surface area contributed by atoms with Gasteiger partial charge in [0.15, 0.2) is 0 Å². The summed E-state index contributed by atoms with van der Waals surface area (Å²) in [6.45, 7) is -1.05. The van der Waals surface area contributed by atoms with Gasteiger partial charge in [0.25, 0.3) is 5.91 Å². The maximum Gasteiger partial charge on any atom is 0.405 e. The Balaban J connectivity index is 0.00000484.